The van der Waals surface area contributed by atoms with E-state index in [2.05, 4.69) is 15.0 Å². The number of methoxy groups -OCH3 is 1. The fraction of sp³-hybridized carbons (Fsp3) is 0.188. The minimum Gasteiger partial charge on any atom is -0.465 e. The lowest BCUT2D eigenvalue weighted by molar-refractivity contribution is 0.0600. The molecule has 0 saturated heterocycles. The molecule has 0 radical (unpaired) electrons. The number of nitriles is 1. The average Bonchev–Trinajstić information content (AvgIpc) is 2.53. The molecule has 0 spiro atoms. The number of nitrogens with zero attached hydrogens (tertiary/aromatic N) is 2. The van der Waals surface area contributed by atoms with Crippen LogP contribution < -0.4 is 11.1 Å². The van der Waals surface area contributed by atoms with Crippen LogP contribution in [0.2, 0.25) is 5.02 Å². The monoisotopic (exact) mass is 330 g/mol. The summed E-state index contributed by atoms with van der Waals surface area (Å²) in [6, 6.07) is 9.30. The van der Waals surface area contributed by atoms with Gasteiger partial charge in [0.2, 0.25) is 0 Å². The Kier molecular flexibility index (Phi) is 5.04. The molecule has 3 N–H and O–H groups in total. The van der Waals surface area contributed by atoms with Gasteiger partial charge in [-0.1, -0.05) is 29.8 Å². The van der Waals surface area contributed by atoms with Crippen LogP contribution in [-0.4, -0.2) is 18.1 Å². The summed E-state index contributed by atoms with van der Waals surface area (Å²) >= 11 is 6.10. The van der Waals surface area contributed by atoms with E-state index in [1.165, 1.54) is 7.11 Å². The zero-order valence-corrected chi connectivity index (χ0v) is 13.4. The van der Waals surface area contributed by atoms with Crippen LogP contribution >= 0.6 is 11.6 Å². The van der Waals surface area contributed by atoms with Gasteiger partial charge in [0.1, 0.15) is 23.0 Å². The number of pyridine rings is 1. The van der Waals surface area contributed by atoms with Gasteiger partial charge in [0.05, 0.1) is 18.5 Å². The maximum atomic E-state index is 11.8. The van der Waals surface area contributed by atoms with Gasteiger partial charge in [-0.2, -0.15) is 5.26 Å². The number of hydrogen-bond acceptors (Lipinski definition) is 6. The van der Waals surface area contributed by atoms with E-state index in [1.54, 1.807) is 13.0 Å². The van der Waals surface area contributed by atoms with Gasteiger partial charge in [0.25, 0.3) is 0 Å². The number of carbonyl (C=O) groups excluding carboxylic acids is 1. The standard InChI is InChI=1S/C16H15ClN4O2/c1-9-13(16(22)23-2)14(19)11(7-18)15(21-9)20-8-10-5-3-4-6-12(10)17/h3-6H,8H2,1-2H3,(H3,19,20,21). The molecule has 1 aromatic heterocycles. The van der Waals surface area contributed by atoms with E-state index in [9.17, 15) is 10.1 Å². The third-order valence-corrected chi connectivity index (χ3v) is 3.69. The van der Waals surface area contributed by atoms with Crippen molar-refractivity contribution in [1.82, 2.24) is 4.98 Å². The van der Waals surface area contributed by atoms with Gasteiger partial charge in [0.15, 0.2) is 0 Å². The van der Waals surface area contributed by atoms with E-state index in [0.717, 1.165) is 5.56 Å². The molecule has 0 bridgehead atoms. The summed E-state index contributed by atoms with van der Waals surface area (Å²) in [5.74, 6) is -0.322. The number of nitrogens with one attached hydrogen (secondary N) is 1. The largest absolute Gasteiger partial charge is 0.465 e. The maximum absolute atomic E-state index is 11.8. The number of hydrogen-bond donors (Lipinski definition) is 2. The number of aryl methyl sites for hydroxylation is 1. The lowest BCUT2D eigenvalue weighted by Gasteiger charge is -2.14. The Balaban J connectivity index is 2.39. The average molecular weight is 331 g/mol. The smallest absolute Gasteiger partial charge is 0.341 e. The van der Waals surface area contributed by atoms with Gasteiger partial charge in [-0.3, -0.25) is 0 Å². The predicted molar refractivity (Wildman–Crippen MR) is 88.2 cm³/mol. The molecule has 2 rings (SSSR count). The second kappa shape index (κ2) is 6.99. The predicted octanol–water partition coefficient (Wildman–Crippen LogP) is 2.90. The van der Waals surface area contributed by atoms with Crippen molar-refractivity contribution in [2.24, 2.45) is 0 Å². The molecule has 0 atom stereocenters. The Morgan fingerprint density at radius 1 is 1.48 bits per heavy atom. The SMILES string of the molecule is COC(=O)c1c(C)nc(NCc2ccccc2Cl)c(C#N)c1N. The normalized spacial score (nSPS) is 10.0. The number of carbonyl (C=O) groups is 1. The number of aromatic nitrogens is 1. The van der Waals surface area contributed by atoms with Crippen molar-refractivity contribution in [1.29, 1.82) is 5.26 Å². The summed E-state index contributed by atoms with van der Waals surface area (Å²) in [7, 11) is 1.25. The Bertz CT molecular complexity index is 799. The fourth-order valence-electron chi connectivity index (χ4n) is 2.15. The van der Waals surface area contributed by atoms with Gasteiger partial charge in [-0.05, 0) is 18.6 Å². The van der Waals surface area contributed by atoms with E-state index < -0.39 is 5.97 Å². The number of esters is 1. The van der Waals surface area contributed by atoms with Crippen molar-refractivity contribution in [2.75, 3.05) is 18.2 Å². The van der Waals surface area contributed by atoms with Gasteiger partial charge in [0, 0.05) is 11.6 Å². The van der Waals surface area contributed by atoms with Gasteiger partial charge < -0.3 is 15.8 Å². The van der Waals surface area contributed by atoms with Crippen LogP contribution in [0.5, 0.6) is 0 Å². The topological polar surface area (TPSA) is 101 Å². The molecular weight excluding hydrogens is 316 g/mol. The molecular formula is C16H15ClN4O2. The van der Waals surface area contributed by atoms with E-state index in [1.807, 2.05) is 24.3 Å². The number of ether oxygens (including phenoxy) is 1. The summed E-state index contributed by atoms with van der Waals surface area (Å²) < 4.78 is 4.68. The fourth-order valence-corrected chi connectivity index (χ4v) is 2.35. The maximum Gasteiger partial charge on any atom is 0.341 e. The van der Waals surface area contributed by atoms with E-state index in [0.29, 0.717) is 23.1 Å². The molecule has 118 valence electrons. The third-order valence-electron chi connectivity index (χ3n) is 3.32. The summed E-state index contributed by atoms with van der Waals surface area (Å²) in [4.78, 5) is 16.0. The number of anilines is 2. The first-order valence-electron chi connectivity index (χ1n) is 6.75. The quantitative estimate of drug-likeness (QED) is 0.836. The van der Waals surface area contributed by atoms with Crippen molar-refractivity contribution in [3.63, 3.8) is 0 Å². The van der Waals surface area contributed by atoms with Crippen LogP contribution in [0.25, 0.3) is 0 Å². The summed E-state index contributed by atoms with van der Waals surface area (Å²) in [5.41, 5.74) is 7.43. The molecule has 6 nitrogen and oxygen atoms in total. The molecule has 0 aliphatic carbocycles. The number of nitrogen functional groups attached to an aromatic ring is 1. The number of nitrogens with two attached hydrogens (primary N) is 1. The zero-order chi connectivity index (χ0) is 17.0. The first-order valence-corrected chi connectivity index (χ1v) is 7.13. The highest BCUT2D eigenvalue weighted by Gasteiger charge is 2.21. The molecule has 0 fully saturated rings. The lowest BCUT2D eigenvalue weighted by Crippen LogP contribution is -2.14. The Labute approximate surface area is 138 Å². The molecule has 2 aromatic rings. The van der Waals surface area contributed by atoms with Gasteiger partial charge in [-0.25, -0.2) is 9.78 Å². The van der Waals surface area contributed by atoms with Crippen molar-refractivity contribution < 1.29 is 9.53 Å². The Hall–Kier alpha value is -2.78. The highest BCUT2D eigenvalue weighted by molar-refractivity contribution is 6.31. The molecule has 0 saturated carbocycles. The van der Waals surface area contributed by atoms with Gasteiger partial charge in [-0.15, -0.1) is 0 Å². The number of halogens is 1. The second-order valence-electron chi connectivity index (χ2n) is 4.76. The van der Waals surface area contributed by atoms with Crippen LogP contribution in [-0.2, 0) is 11.3 Å². The second-order valence-corrected chi connectivity index (χ2v) is 5.17. The minimum absolute atomic E-state index is 0.0495. The van der Waals surface area contributed by atoms with Crippen LogP contribution in [0.4, 0.5) is 11.5 Å². The first kappa shape index (κ1) is 16.6. The van der Waals surface area contributed by atoms with Gasteiger partial charge >= 0.3 is 5.97 Å². The highest BCUT2D eigenvalue weighted by Crippen LogP contribution is 2.27. The third kappa shape index (κ3) is 3.35. The van der Waals surface area contributed by atoms with Crippen molar-refractivity contribution in [2.45, 2.75) is 13.5 Å². The highest BCUT2D eigenvalue weighted by atomic mass is 35.5. The summed E-state index contributed by atoms with van der Waals surface area (Å²) in [6.07, 6.45) is 0. The molecule has 23 heavy (non-hydrogen) atoms. The van der Waals surface area contributed by atoms with Crippen LogP contribution in [0, 0.1) is 18.3 Å². The van der Waals surface area contributed by atoms with E-state index >= 15 is 0 Å². The van der Waals surface area contributed by atoms with Crippen LogP contribution in [0.3, 0.4) is 0 Å². The summed E-state index contributed by atoms with van der Waals surface area (Å²) in [6.45, 7) is 2.00. The minimum atomic E-state index is -0.623. The molecule has 7 heteroatoms. The molecule has 1 aromatic carbocycles. The summed E-state index contributed by atoms with van der Waals surface area (Å²) in [5, 5.41) is 13.0. The molecule has 0 amide bonds. The number of benzene rings is 1. The molecule has 0 aliphatic heterocycles. The molecule has 0 unspecified atom stereocenters. The molecule has 1 heterocycles. The van der Waals surface area contributed by atoms with E-state index in [4.69, 9.17) is 17.3 Å². The van der Waals surface area contributed by atoms with E-state index in [-0.39, 0.29) is 16.8 Å². The van der Waals surface area contributed by atoms with Crippen molar-refractivity contribution in [3.05, 3.63) is 51.7 Å². The van der Waals surface area contributed by atoms with Crippen LogP contribution in [0.15, 0.2) is 24.3 Å². The number of rotatable bonds is 4. The molecule has 0 aliphatic rings. The zero-order valence-electron chi connectivity index (χ0n) is 12.7. The van der Waals surface area contributed by atoms with Crippen molar-refractivity contribution in [3.8, 4) is 6.07 Å². The Morgan fingerprint density at radius 2 is 2.17 bits per heavy atom. The van der Waals surface area contributed by atoms with Crippen LogP contribution in [0.1, 0.15) is 27.2 Å². The lowest BCUT2D eigenvalue weighted by atomic mass is 10.1. The van der Waals surface area contributed by atoms with Crippen molar-refractivity contribution >= 4 is 29.1 Å². The Morgan fingerprint density at radius 3 is 2.78 bits per heavy atom. The first-order chi connectivity index (χ1) is 11.0.